The fraction of sp³-hybridized carbons (Fsp3) is 0.455. The van der Waals surface area contributed by atoms with Crippen LogP contribution in [0.4, 0.5) is 0 Å². The fourth-order valence-corrected chi connectivity index (χ4v) is 1.90. The first-order chi connectivity index (χ1) is 7.29. The Balaban J connectivity index is 0.000000337. The van der Waals surface area contributed by atoms with E-state index in [0.29, 0.717) is 6.04 Å². The van der Waals surface area contributed by atoms with Gasteiger partial charge >= 0.3 is 0 Å². The first kappa shape index (κ1) is 11.7. The number of hydrogen-bond acceptors (Lipinski definition) is 3. The normalized spacial score (nSPS) is 20.1. The molecular formula is C11H16BN3. The van der Waals surface area contributed by atoms with Gasteiger partial charge in [-0.3, -0.25) is 9.88 Å². The van der Waals surface area contributed by atoms with E-state index in [1.165, 1.54) is 32.8 Å². The number of nitrogens with zero attached hydrogens (tertiary/aromatic N) is 3. The van der Waals surface area contributed by atoms with Crippen molar-refractivity contribution in [3.63, 3.8) is 0 Å². The molecule has 0 bridgehead atoms. The van der Waals surface area contributed by atoms with Crippen molar-refractivity contribution in [2.45, 2.75) is 18.9 Å². The van der Waals surface area contributed by atoms with Gasteiger partial charge in [0.1, 0.15) is 0 Å². The highest BCUT2D eigenvalue weighted by Gasteiger charge is 2.21. The molecule has 0 aromatic carbocycles. The minimum Gasteiger partial charge on any atom is -0.299 e. The van der Waals surface area contributed by atoms with Crippen molar-refractivity contribution >= 4 is 7.85 Å². The van der Waals surface area contributed by atoms with Gasteiger partial charge < -0.3 is 0 Å². The molecule has 0 aliphatic carbocycles. The van der Waals surface area contributed by atoms with Gasteiger partial charge in [0.2, 0.25) is 7.85 Å². The Morgan fingerprint density at radius 3 is 2.87 bits per heavy atom. The van der Waals surface area contributed by atoms with Crippen molar-refractivity contribution in [2.75, 3.05) is 13.6 Å². The van der Waals surface area contributed by atoms with Crippen LogP contribution in [0.5, 0.6) is 0 Å². The smallest absolute Gasteiger partial charge is 0.232 e. The lowest BCUT2D eigenvalue weighted by atomic mass is 10.1. The first-order valence-electron chi connectivity index (χ1n) is 5.20. The molecule has 0 saturated carbocycles. The van der Waals surface area contributed by atoms with Crippen molar-refractivity contribution in [1.82, 2.24) is 9.88 Å². The lowest BCUT2D eigenvalue weighted by Gasteiger charge is -2.18. The molecule has 2 heterocycles. The molecule has 0 radical (unpaired) electrons. The van der Waals surface area contributed by atoms with Crippen LogP contribution in [0.3, 0.4) is 0 Å². The van der Waals surface area contributed by atoms with Crippen LogP contribution in [-0.2, 0) is 0 Å². The van der Waals surface area contributed by atoms with Gasteiger partial charge in [0.05, 0.1) is 0 Å². The monoisotopic (exact) mass is 201 g/mol. The SMILES string of the molecule is BC#N.CN1CCCC1c1cccnc1. The zero-order chi connectivity index (χ0) is 11.1. The summed E-state index contributed by atoms with van der Waals surface area (Å²) in [5, 5.41) is 7.32. The largest absolute Gasteiger partial charge is 0.299 e. The third kappa shape index (κ3) is 3.37. The maximum absolute atomic E-state index is 7.32. The summed E-state index contributed by atoms with van der Waals surface area (Å²) in [4.78, 5) is 6.54. The van der Waals surface area contributed by atoms with Gasteiger partial charge in [-0.05, 0) is 44.0 Å². The second kappa shape index (κ2) is 6.21. The van der Waals surface area contributed by atoms with Crippen LogP contribution < -0.4 is 0 Å². The van der Waals surface area contributed by atoms with Crippen LogP contribution in [0.25, 0.3) is 0 Å². The molecule has 1 aliphatic heterocycles. The molecule has 3 nitrogen and oxygen atoms in total. The summed E-state index contributed by atoms with van der Waals surface area (Å²) in [5.74, 6) is 1.75. The molecule has 1 aromatic heterocycles. The lowest BCUT2D eigenvalue weighted by molar-refractivity contribution is 0.317. The Morgan fingerprint density at radius 2 is 2.40 bits per heavy atom. The summed E-state index contributed by atoms with van der Waals surface area (Å²) < 4.78 is 0. The van der Waals surface area contributed by atoms with Crippen molar-refractivity contribution in [2.24, 2.45) is 0 Å². The first-order valence-corrected chi connectivity index (χ1v) is 5.20. The van der Waals surface area contributed by atoms with Crippen molar-refractivity contribution in [3.05, 3.63) is 30.1 Å². The molecule has 78 valence electrons. The third-order valence-electron chi connectivity index (χ3n) is 2.59. The van der Waals surface area contributed by atoms with Gasteiger partial charge in [0, 0.05) is 18.4 Å². The minimum atomic E-state index is 0.610. The second-order valence-electron chi connectivity index (χ2n) is 3.65. The van der Waals surface area contributed by atoms with Crippen LogP contribution in [0.15, 0.2) is 24.5 Å². The van der Waals surface area contributed by atoms with E-state index in [1.54, 1.807) is 5.97 Å². The predicted octanol–water partition coefficient (Wildman–Crippen LogP) is 0.949. The fourth-order valence-electron chi connectivity index (χ4n) is 1.90. The van der Waals surface area contributed by atoms with Crippen LogP contribution >= 0.6 is 0 Å². The summed E-state index contributed by atoms with van der Waals surface area (Å²) in [5.41, 5.74) is 1.36. The molecule has 1 aromatic rings. The molecule has 1 unspecified atom stereocenters. The number of pyridine rings is 1. The van der Waals surface area contributed by atoms with E-state index < -0.39 is 0 Å². The highest BCUT2D eigenvalue weighted by molar-refractivity contribution is 6.20. The molecule has 0 amide bonds. The van der Waals surface area contributed by atoms with E-state index in [9.17, 15) is 0 Å². The Bertz CT molecular complexity index is 320. The molecule has 0 N–H and O–H groups in total. The maximum atomic E-state index is 7.32. The molecule has 15 heavy (non-hydrogen) atoms. The van der Waals surface area contributed by atoms with Gasteiger partial charge in [0.25, 0.3) is 0 Å². The van der Waals surface area contributed by atoms with Gasteiger partial charge in [-0.1, -0.05) is 6.07 Å². The quantitative estimate of drug-likeness (QED) is 0.635. The molecule has 1 fully saturated rings. The highest BCUT2D eigenvalue weighted by atomic mass is 15.1. The van der Waals surface area contributed by atoms with Crippen LogP contribution in [-0.4, -0.2) is 31.3 Å². The van der Waals surface area contributed by atoms with Crippen LogP contribution in [0, 0.1) is 11.2 Å². The van der Waals surface area contributed by atoms with Gasteiger partial charge in [-0.25, -0.2) is 5.26 Å². The second-order valence-corrected chi connectivity index (χ2v) is 3.65. The summed E-state index contributed by atoms with van der Waals surface area (Å²) in [6, 6.07) is 4.79. The molecule has 2 rings (SSSR count). The van der Waals surface area contributed by atoms with E-state index in [0.717, 1.165) is 0 Å². The molecule has 1 aliphatic rings. The predicted molar refractivity (Wildman–Crippen MR) is 63.0 cm³/mol. The summed E-state index contributed by atoms with van der Waals surface area (Å²) in [7, 11) is 3.62. The summed E-state index contributed by atoms with van der Waals surface area (Å²) >= 11 is 0. The van der Waals surface area contributed by atoms with E-state index in [1.807, 2.05) is 18.5 Å². The molecule has 0 spiro atoms. The number of nitriles is 1. The lowest BCUT2D eigenvalue weighted by Crippen LogP contribution is -2.17. The molecule has 1 saturated heterocycles. The Labute approximate surface area is 92.1 Å². The average molecular weight is 201 g/mol. The summed E-state index contributed by atoms with van der Waals surface area (Å²) in [6.45, 7) is 1.22. The molecule has 4 heteroatoms. The number of rotatable bonds is 1. The van der Waals surface area contributed by atoms with Crippen molar-refractivity contribution in [1.29, 1.82) is 5.26 Å². The molecular weight excluding hydrogens is 185 g/mol. The zero-order valence-electron chi connectivity index (χ0n) is 9.35. The zero-order valence-corrected chi connectivity index (χ0v) is 9.35. The van der Waals surface area contributed by atoms with Crippen molar-refractivity contribution < 1.29 is 0 Å². The maximum Gasteiger partial charge on any atom is 0.232 e. The third-order valence-corrected chi connectivity index (χ3v) is 2.59. The summed E-state index contributed by atoms with van der Waals surface area (Å²) in [6.07, 6.45) is 6.41. The number of hydrogen-bond donors (Lipinski definition) is 0. The Kier molecular flexibility index (Phi) is 4.86. The van der Waals surface area contributed by atoms with E-state index in [-0.39, 0.29) is 0 Å². The Morgan fingerprint density at radius 1 is 1.67 bits per heavy atom. The van der Waals surface area contributed by atoms with Gasteiger partial charge in [-0.2, -0.15) is 0 Å². The Hall–Kier alpha value is -1.34. The standard InChI is InChI=1S/C10H14N2.CH2BN/c1-12-7-3-5-10(12)9-4-2-6-11-8-9;2-1-3/h2,4,6,8,10H,3,5,7H2,1H3;2H2. The van der Waals surface area contributed by atoms with Gasteiger partial charge in [0.15, 0.2) is 0 Å². The molecule has 1 atom stereocenters. The van der Waals surface area contributed by atoms with E-state index in [2.05, 4.69) is 23.0 Å². The average Bonchev–Trinajstić information content (AvgIpc) is 2.67. The highest BCUT2D eigenvalue weighted by Crippen LogP contribution is 2.29. The van der Waals surface area contributed by atoms with E-state index in [4.69, 9.17) is 5.26 Å². The van der Waals surface area contributed by atoms with E-state index >= 15 is 0 Å². The van der Waals surface area contributed by atoms with Gasteiger partial charge in [-0.15, -0.1) is 0 Å². The number of likely N-dealkylation sites (tertiary alicyclic amines) is 1. The topological polar surface area (TPSA) is 39.9 Å². The minimum absolute atomic E-state index is 0.610. The van der Waals surface area contributed by atoms with Crippen molar-refractivity contribution in [3.8, 4) is 5.97 Å². The van der Waals surface area contributed by atoms with Crippen LogP contribution in [0.2, 0.25) is 0 Å². The van der Waals surface area contributed by atoms with Crippen LogP contribution in [0.1, 0.15) is 24.4 Å². The number of aromatic nitrogens is 1.